The van der Waals surface area contributed by atoms with E-state index in [1.807, 2.05) is 61.5 Å². The summed E-state index contributed by atoms with van der Waals surface area (Å²) in [4.78, 5) is 16.8. The first-order valence-electron chi connectivity index (χ1n) is 7.05. The zero-order chi connectivity index (χ0) is 15.5. The lowest BCUT2D eigenvalue weighted by molar-refractivity contribution is 0.0935. The molecule has 3 nitrogen and oxygen atoms in total. The number of halogens is 1. The van der Waals surface area contributed by atoms with E-state index in [2.05, 4.69) is 26.2 Å². The average Bonchev–Trinajstić information content (AvgIpc) is 2.55. The summed E-state index contributed by atoms with van der Waals surface area (Å²) in [5.74, 6) is -0.166. The number of carbonyl (C=O) groups is 1. The Morgan fingerprint density at radius 2 is 1.77 bits per heavy atom. The average molecular weight is 355 g/mol. The van der Waals surface area contributed by atoms with Gasteiger partial charge in [-0.15, -0.1) is 0 Å². The van der Waals surface area contributed by atoms with Crippen LogP contribution in [0.25, 0.3) is 10.9 Å². The van der Waals surface area contributed by atoms with Crippen LogP contribution in [-0.4, -0.2) is 10.9 Å². The molecule has 2 aromatic carbocycles. The molecule has 0 unspecified atom stereocenters. The predicted octanol–water partition coefficient (Wildman–Crippen LogP) is 4.49. The second-order valence-corrected chi connectivity index (χ2v) is 6.05. The van der Waals surface area contributed by atoms with Gasteiger partial charge < -0.3 is 5.32 Å². The van der Waals surface area contributed by atoms with E-state index < -0.39 is 0 Å². The molecule has 3 rings (SSSR count). The SMILES string of the molecule is C[C@H](NC(=O)c1ccc2ccccc2n1)c1ccc(Br)cc1. The van der Waals surface area contributed by atoms with Gasteiger partial charge >= 0.3 is 0 Å². The van der Waals surface area contributed by atoms with Crippen LogP contribution >= 0.6 is 15.9 Å². The minimum atomic E-state index is -0.166. The molecule has 0 aliphatic carbocycles. The van der Waals surface area contributed by atoms with Gasteiger partial charge in [-0.1, -0.05) is 52.3 Å². The third-order valence-electron chi connectivity index (χ3n) is 3.55. The first kappa shape index (κ1) is 14.7. The number of fused-ring (bicyclic) bond motifs is 1. The van der Waals surface area contributed by atoms with Gasteiger partial charge in [-0.25, -0.2) is 4.98 Å². The number of rotatable bonds is 3. The van der Waals surface area contributed by atoms with Crippen molar-refractivity contribution in [3.05, 3.63) is 76.4 Å². The molecule has 0 saturated carbocycles. The summed E-state index contributed by atoms with van der Waals surface area (Å²) in [6.45, 7) is 1.96. The smallest absolute Gasteiger partial charge is 0.270 e. The highest BCUT2D eigenvalue weighted by molar-refractivity contribution is 9.10. The standard InChI is InChI=1S/C18H15BrN2O/c1-12(13-6-9-15(19)10-7-13)20-18(22)17-11-8-14-4-2-3-5-16(14)21-17/h2-12H,1H3,(H,20,22)/t12-/m0/s1. The second kappa shape index (κ2) is 6.28. The van der Waals surface area contributed by atoms with E-state index in [-0.39, 0.29) is 11.9 Å². The molecule has 0 bridgehead atoms. The Bertz CT molecular complexity index is 815. The molecule has 3 aromatic rings. The number of hydrogen-bond donors (Lipinski definition) is 1. The van der Waals surface area contributed by atoms with Crippen molar-refractivity contribution >= 4 is 32.7 Å². The Labute approximate surface area is 137 Å². The summed E-state index contributed by atoms with van der Waals surface area (Å²) >= 11 is 3.41. The van der Waals surface area contributed by atoms with E-state index >= 15 is 0 Å². The van der Waals surface area contributed by atoms with Gasteiger partial charge in [-0.05, 0) is 36.8 Å². The minimum absolute atomic E-state index is 0.0751. The first-order valence-corrected chi connectivity index (χ1v) is 7.85. The molecule has 110 valence electrons. The topological polar surface area (TPSA) is 42.0 Å². The first-order chi connectivity index (χ1) is 10.6. The van der Waals surface area contributed by atoms with Crippen molar-refractivity contribution in [1.29, 1.82) is 0 Å². The summed E-state index contributed by atoms with van der Waals surface area (Å²) in [6, 6.07) is 19.3. The zero-order valence-corrected chi connectivity index (χ0v) is 13.7. The Morgan fingerprint density at radius 1 is 1.05 bits per heavy atom. The van der Waals surface area contributed by atoms with Crippen LogP contribution in [0.5, 0.6) is 0 Å². The molecule has 1 amide bonds. The van der Waals surface area contributed by atoms with Crippen LogP contribution in [0.2, 0.25) is 0 Å². The number of nitrogens with zero attached hydrogens (tertiary/aromatic N) is 1. The van der Waals surface area contributed by atoms with Crippen molar-refractivity contribution in [2.24, 2.45) is 0 Å². The number of para-hydroxylation sites is 1. The highest BCUT2D eigenvalue weighted by Crippen LogP contribution is 2.17. The van der Waals surface area contributed by atoms with Crippen molar-refractivity contribution in [3.8, 4) is 0 Å². The van der Waals surface area contributed by atoms with Crippen LogP contribution in [0, 0.1) is 0 Å². The van der Waals surface area contributed by atoms with Crippen LogP contribution < -0.4 is 5.32 Å². The van der Waals surface area contributed by atoms with Gasteiger partial charge in [0.15, 0.2) is 0 Å². The lowest BCUT2D eigenvalue weighted by atomic mass is 10.1. The van der Waals surface area contributed by atoms with Crippen LogP contribution in [-0.2, 0) is 0 Å². The number of benzene rings is 2. The van der Waals surface area contributed by atoms with Gasteiger partial charge in [0.25, 0.3) is 5.91 Å². The fourth-order valence-corrected chi connectivity index (χ4v) is 2.56. The highest BCUT2D eigenvalue weighted by Gasteiger charge is 2.13. The van der Waals surface area contributed by atoms with Gasteiger partial charge in [-0.2, -0.15) is 0 Å². The van der Waals surface area contributed by atoms with Crippen molar-refractivity contribution in [3.63, 3.8) is 0 Å². The van der Waals surface area contributed by atoms with E-state index in [1.54, 1.807) is 6.07 Å². The zero-order valence-electron chi connectivity index (χ0n) is 12.1. The largest absolute Gasteiger partial charge is 0.344 e. The number of amides is 1. The van der Waals surface area contributed by atoms with Crippen molar-refractivity contribution in [1.82, 2.24) is 10.3 Å². The van der Waals surface area contributed by atoms with Crippen LogP contribution in [0.4, 0.5) is 0 Å². The summed E-state index contributed by atoms with van der Waals surface area (Å²) in [5, 5.41) is 4.01. The summed E-state index contributed by atoms with van der Waals surface area (Å²) in [5.41, 5.74) is 2.31. The van der Waals surface area contributed by atoms with Crippen molar-refractivity contribution in [2.45, 2.75) is 13.0 Å². The lowest BCUT2D eigenvalue weighted by Crippen LogP contribution is -2.27. The molecule has 1 atom stereocenters. The van der Waals surface area contributed by atoms with Crippen LogP contribution in [0.1, 0.15) is 29.0 Å². The Kier molecular flexibility index (Phi) is 4.20. The molecule has 22 heavy (non-hydrogen) atoms. The van der Waals surface area contributed by atoms with Gasteiger partial charge in [0.1, 0.15) is 5.69 Å². The van der Waals surface area contributed by atoms with Crippen LogP contribution in [0.3, 0.4) is 0 Å². The number of hydrogen-bond acceptors (Lipinski definition) is 2. The molecule has 0 fully saturated rings. The van der Waals surface area contributed by atoms with E-state index in [9.17, 15) is 4.79 Å². The molecule has 0 spiro atoms. The molecular formula is C18H15BrN2O. The van der Waals surface area contributed by atoms with Gasteiger partial charge in [0.05, 0.1) is 11.6 Å². The maximum Gasteiger partial charge on any atom is 0.270 e. The summed E-state index contributed by atoms with van der Waals surface area (Å²) in [7, 11) is 0. The Morgan fingerprint density at radius 3 is 2.55 bits per heavy atom. The van der Waals surface area contributed by atoms with Gasteiger partial charge in [0, 0.05) is 9.86 Å². The van der Waals surface area contributed by atoms with Crippen LogP contribution in [0.15, 0.2) is 65.1 Å². The van der Waals surface area contributed by atoms with Crippen molar-refractivity contribution < 1.29 is 4.79 Å². The second-order valence-electron chi connectivity index (χ2n) is 5.14. The molecule has 1 heterocycles. The molecule has 0 aliphatic heterocycles. The number of nitrogens with one attached hydrogen (secondary N) is 1. The van der Waals surface area contributed by atoms with Gasteiger partial charge in [-0.3, -0.25) is 4.79 Å². The number of aromatic nitrogens is 1. The quantitative estimate of drug-likeness (QED) is 0.752. The maximum absolute atomic E-state index is 12.4. The molecule has 1 aromatic heterocycles. The monoisotopic (exact) mass is 354 g/mol. The summed E-state index contributed by atoms with van der Waals surface area (Å²) < 4.78 is 1.02. The Balaban J connectivity index is 1.79. The van der Waals surface area contributed by atoms with Gasteiger partial charge in [0.2, 0.25) is 0 Å². The van der Waals surface area contributed by atoms with E-state index in [4.69, 9.17) is 0 Å². The fraction of sp³-hybridized carbons (Fsp3) is 0.111. The molecule has 4 heteroatoms. The minimum Gasteiger partial charge on any atom is -0.344 e. The van der Waals surface area contributed by atoms with E-state index in [1.165, 1.54) is 0 Å². The summed E-state index contributed by atoms with van der Waals surface area (Å²) in [6.07, 6.45) is 0. The third-order valence-corrected chi connectivity index (χ3v) is 4.08. The third kappa shape index (κ3) is 3.17. The van der Waals surface area contributed by atoms with E-state index in [0.29, 0.717) is 5.69 Å². The maximum atomic E-state index is 12.4. The molecule has 1 N–H and O–H groups in total. The van der Waals surface area contributed by atoms with Crippen molar-refractivity contribution in [2.75, 3.05) is 0 Å². The molecule has 0 saturated heterocycles. The molecular weight excluding hydrogens is 340 g/mol. The fourth-order valence-electron chi connectivity index (χ4n) is 2.30. The number of carbonyl (C=O) groups excluding carboxylic acids is 1. The molecule has 0 aliphatic rings. The van der Waals surface area contributed by atoms with E-state index in [0.717, 1.165) is 20.9 Å². The lowest BCUT2D eigenvalue weighted by Gasteiger charge is -2.14. The Hall–Kier alpha value is -2.20. The normalized spacial score (nSPS) is 12.1. The predicted molar refractivity (Wildman–Crippen MR) is 91.8 cm³/mol. The number of pyridine rings is 1. The molecule has 0 radical (unpaired) electrons. The highest BCUT2D eigenvalue weighted by atomic mass is 79.9.